The second-order valence-corrected chi connectivity index (χ2v) is 5.99. The molecule has 27 heavy (non-hydrogen) atoms. The summed E-state index contributed by atoms with van der Waals surface area (Å²) in [6, 6.07) is 10.4. The second-order valence-electron chi connectivity index (χ2n) is 5.99. The summed E-state index contributed by atoms with van der Waals surface area (Å²) in [5.74, 6) is -0.529. The first kappa shape index (κ1) is 20.3. The van der Waals surface area contributed by atoms with Crippen molar-refractivity contribution in [3.8, 4) is 0 Å². The van der Waals surface area contributed by atoms with E-state index in [1.165, 1.54) is 6.07 Å². The van der Waals surface area contributed by atoms with Crippen LogP contribution in [0.3, 0.4) is 0 Å². The average Bonchev–Trinajstić information content (AvgIpc) is 2.62. The van der Waals surface area contributed by atoms with Crippen LogP contribution in [0.1, 0.15) is 36.2 Å². The van der Waals surface area contributed by atoms with Crippen molar-refractivity contribution in [1.29, 1.82) is 0 Å². The van der Waals surface area contributed by atoms with Crippen LogP contribution in [-0.4, -0.2) is 18.0 Å². The molecule has 0 bridgehead atoms. The van der Waals surface area contributed by atoms with Crippen molar-refractivity contribution in [1.82, 2.24) is 5.32 Å². The van der Waals surface area contributed by atoms with Crippen molar-refractivity contribution < 1.29 is 22.8 Å². The van der Waals surface area contributed by atoms with Gasteiger partial charge in [-0.15, -0.1) is 0 Å². The molecule has 0 heterocycles. The summed E-state index contributed by atoms with van der Waals surface area (Å²) in [6.45, 7) is 3.59. The lowest BCUT2D eigenvalue weighted by Gasteiger charge is -2.17. The first-order chi connectivity index (χ1) is 12.7. The van der Waals surface area contributed by atoms with E-state index in [1.807, 2.05) is 6.92 Å². The lowest BCUT2D eigenvalue weighted by atomic mass is 10.1. The van der Waals surface area contributed by atoms with Crippen molar-refractivity contribution in [3.63, 3.8) is 0 Å². The quantitative estimate of drug-likeness (QED) is 0.693. The average molecular weight is 379 g/mol. The summed E-state index contributed by atoms with van der Waals surface area (Å²) in [5.41, 5.74) is -1.14. The SMILES string of the molecule is CCC(C)NC(=O)Nc1ccc(NC(=O)c2ccccc2)cc1C(F)(F)F. The van der Waals surface area contributed by atoms with E-state index < -0.39 is 23.7 Å². The van der Waals surface area contributed by atoms with Gasteiger partial charge in [-0.25, -0.2) is 4.79 Å². The second kappa shape index (κ2) is 8.57. The van der Waals surface area contributed by atoms with Gasteiger partial charge in [0.25, 0.3) is 5.91 Å². The molecule has 144 valence electrons. The monoisotopic (exact) mass is 379 g/mol. The Morgan fingerprint density at radius 3 is 2.30 bits per heavy atom. The molecule has 0 fully saturated rings. The number of benzene rings is 2. The smallest absolute Gasteiger partial charge is 0.335 e. The maximum Gasteiger partial charge on any atom is 0.418 e. The first-order valence-electron chi connectivity index (χ1n) is 8.36. The van der Waals surface area contributed by atoms with Crippen LogP contribution in [0.25, 0.3) is 0 Å². The Kier molecular flexibility index (Phi) is 6.44. The van der Waals surface area contributed by atoms with E-state index in [0.29, 0.717) is 12.0 Å². The van der Waals surface area contributed by atoms with Crippen molar-refractivity contribution in [2.75, 3.05) is 10.6 Å². The number of nitrogens with one attached hydrogen (secondary N) is 3. The van der Waals surface area contributed by atoms with E-state index in [4.69, 9.17) is 0 Å². The van der Waals surface area contributed by atoms with Gasteiger partial charge in [0.1, 0.15) is 0 Å². The van der Waals surface area contributed by atoms with Crippen molar-refractivity contribution in [3.05, 3.63) is 59.7 Å². The number of urea groups is 1. The van der Waals surface area contributed by atoms with Crippen LogP contribution in [0.15, 0.2) is 48.5 Å². The summed E-state index contributed by atoms with van der Waals surface area (Å²) in [4.78, 5) is 24.0. The van der Waals surface area contributed by atoms with Gasteiger partial charge in [-0.3, -0.25) is 4.79 Å². The van der Waals surface area contributed by atoms with E-state index in [-0.39, 0.29) is 17.4 Å². The molecule has 5 nitrogen and oxygen atoms in total. The molecule has 2 aromatic carbocycles. The van der Waals surface area contributed by atoms with Gasteiger partial charge in [0, 0.05) is 17.3 Å². The highest BCUT2D eigenvalue weighted by atomic mass is 19.4. The third-order valence-electron chi connectivity index (χ3n) is 3.86. The highest BCUT2D eigenvalue weighted by molar-refractivity contribution is 6.04. The van der Waals surface area contributed by atoms with Gasteiger partial charge in [-0.1, -0.05) is 25.1 Å². The number of hydrogen-bond acceptors (Lipinski definition) is 2. The molecule has 0 aliphatic heterocycles. The number of amides is 3. The number of hydrogen-bond donors (Lipinski definition) is 3. The molecule has 0 radical (unpaired) electrons. The molecule has 0 saturated carbocycles. The molecule has 0 aliphatic carbocycles. The number of carbonyl (C=O) groups excluding carboxylic acids is 2. The van der Waals surface area contributed by atoms with Crippen LogP contribution >= 0.6 is 0 Å². The molecule has 1 atom stereocenters. The molecule has 3 amide bonds. The van der Waals surface area contributed by atoms with Crippen molar-refractivity contribution in [2.24, 2.45) is 0 Å². The third-order valence-corrected chi connectivity index (χ3v) is 3.86. The molecule has 3 N–H and O–H groups in total. The van der Waals surface area contributed by atoms with Crippen molar-refractivity contribution >= 4 is 23.3 Å². The highest BCUT2D eigenvalue weighted by Crippen LogP contribution is 2.36. The molecule has 0 saturated heterocycles. The minimum Gasteiger partial charge on any atom is -0.335 e. The van der Waals surface area contributed by atoms with E-state index in [2.05, 4.69) is 16.0 Å². The normalized spacial score (nSPS) is 12.2. The zero-order valence-electron chi connectivity index (χ0n) is 14.9. The van der Waals surface area contributed by atoms with Gasteiger partial charge >= 0.3 is 12.2 Å². The van der Waals surface area contributed by atoms with E-state index in [1.54, 1.807) is 37.3 Å². The van der Waals surface area contributed by atoms with Crippen LogP contribution in [-0.2, 0) is 6.18 Å². The summed E-state index contributed by atoms with van der Waals surface area (Å²) in [6.07, 6.45) is -4.06. The van der Waals surface area contributed by atoms with E-state index in [0.717, 1.165) is 12.1 Å². The minimum atomic E-state index is -4.70. The molecule has 1 unspecified atom stereocenters. The summed E-state index contributed by atoms with van der Waals surface area (Å²) >= 11 is 0. The summed E-state index contributed by atoms with van der Waals surface area (Å²) in [7, 11) is 0. The fourth-order valence-electron chi connectivity index (χ4n) is 2.24. The number of alkyl halides is 3. The van der Waals surface area contributed by atoms with Crippen LogP contribution in [0.2, 0.25) is 0 Å². The zero-order chi connectivity index (χ0) is 20.0. The molecular formula is C19H20F3N3O2. The number of carbonyl (C=O) groups is 2. The van der Waals surface area contributed by atoms with Gasteiger partial charge in [-0.2, -0.15) is 13.2 Å². The largest absolute Gasteiger partial charge is 0.418 e. The van der Waals surface area contributed by atoms with E-state index >= 15 is 0 Å². The lowest BCUT2D eigenvalue weighted by Crippen LogP contribution is -2.36. The molecule has 2 aromatic rings. The highest BCUT2D eigenvalue weighted by Gasteiger charge is 2.34. The third kappa shape index (κ3) is 5.73. The topological polar surface area (TPSA) is 70.2 Å². The van der Waals surface area contributed by atoms with Crippen molar-refractivity contribution in [2.45, 2.75) is 32.5 Å². The minimum absolute atomic E-state index is 0.0240. The van der Waals surface area contributed by atoms with E-state index in [9.17, 15) is 22.8 Å². The number of anilines is 2. The lowest BCUT2D eigenvalue weighted by molar-refractivity contribution is -0.136. The maximum atomic E-state index is 13.4. The molecule has 8 heteroatoms. The molecule has 2 rings (SSSR count). The molecule has 0 aliphatic rings. The Bertz CT molecular complexity index is 808. The Hall–Kier alpha value is -3.03. The van der Waals surface area contributed by atoms with Crippen LogP contribution in [0, 0.1) is 0 Å². The van der Waals surface area contributed by atoms with Crippen LogP contribution < -0.4 is 16.0 Å². The number of rotatable bonds is 5. The Labute approximate surface area is 155 Å². The van der Waals surface area contributed by atoms with Gasteiger partial charge < -0.3 is 16.0 Å². The van der Waals surface area contributed by atoms with Crippen LogP contribution in [0.4, 0.5) is 29.3 Å². The number of halogens is 3. The molecule has 0 aromatic heterocycles. The standard InChI is InChI=1S/C19H20F3N3O2/c1-3-12(2)23-18(27)25-16-10-9-14(11-15(16)19(20,21)22)24-17(26)13-7-5-4-6-8-13/h4-12H,3H2,1-2H3,(H,24,26)(H2,23,25,27). The van der Waals surface area contributed by atoms with Crippen LogP contribution in [0.5, 0.6) is 0 Å². The van der Waals surface area contributed by atoms with Gasteiger partial charge in [-0.05, 0) is 43.7 Å². The first-order valence-corrected chi connectivity index (χ1v) is 8.36. The maximum absolute atomic E-state index is 13.4. The molecule has 0 spiro atoms. The van der Waals surface area contributed by atoms with Gasteiger partial charge in [0.2, 0.25) is 0 Å². The Morgan fingerprint density at radius 2 is 1.70 bits per heavy atom. The van der Waals surface area contributed by atoms with Gasteiger partial charge in [0.05, 0.1) is 11.3 Å². The fourth-order valence-corrected chi connectivity index (χ4v) is 2.24. The summed E-state index contributed by atoms with van der Waals surface area (Å²) in [5, 5.41) is 7.17. The Balaban J connectivity index is 2.22. The molecular weight excluding hydrogens is 359 g/mol. The zero-order valence-corrected chi connectivity index (χ0v) is 14.9. The summed E-state index contributed by atoms with van der Waals surface area (Å²) < 4.78 is 40.2. The predicted molar refractivity (Wildman–Crippen MR) is 97.7 cm³/mol. The predicted octanol–water partition coefficient (Wildman–Crippen LogP) is 4.88. The van der Waals surface area contributed by atoms with Gasteiger partial charge in [0.15, 0.2) is 0 Å². The Morgan fingerprint density at radius 1 is 1.04 bits per heavy atom. The fraction of sp³-hybridized carbons (Fsp3) is 0.263.